The van der Waals surface area contributed by atoms with E-state index in [0.717, 1.165) is 21.9 Å². The van der Waals surface area contributed by atoms with Crippen LogP contribution in [0.3, 0.4) is 0 Å². The number of aryl methyl sites for hydroxylation is 1. The summed E-state index contributed by atoms with van der Waals surface area (Å²) in [6, 6.07) is 16.7. The Labute approximate surface area is 170 Å². The third-order valence-corrected chi connectivity index (χ3v) is 5.05. The molecule has 6 nitrogen and oxygen atoms in total. The number of benzene rings is 2. The molecular formula is C23H24N4O2. The minimum Gasteiger partial charge on any atom is -0.347 e. The topological polar surface area (TPSA) is 67.8 Å². The fourth-order valence-corrected chi connectivity index (χ4v) is 3.42. The summed E-state index contributed by atoms with van der Waals surface area (Å²) in [5.41, 5.74) is 5.98. The molecule has 0 fully saturated rings. The number of carbonyl (C=O) groups excluding carboxylic acids is 1. The number of hydroxylamine groups is 2. The summed E-state index contributed by atoms with van der Waals surface area (Å²) in [7, 11) is 0. The first kappa shape index (κ1) is 18.8. The normalized spacial score (nSPS) is 15.2. The largest absolute Gasteiger partial charge is 0.347 e. The molecule has 0 bridgehead atoms. The van der Waals surface area contributed by atoms with Crippen LogP contribution in [0.2, 0.25) is 0 Å². The zero-order valence-electron chi connectivity index (χ0n) is 16.5. The van der Waals surface area contributed by atoms with Crippen LogP contribution in [0.15, 0.2) is 84.3 Å². The Morgan fingerprint density at radius 3 is 2.34 bits per heavy atom. The first-order valence-electron chi connectivity index (χ1n) is 9.66. The lowest BCUT2D eigenvalue weighted by atomic mass is 10.0. The first-order valence-corrected chi connectivity index (χ1v) is 9.66. The molecule has 1 amide bonds. The lowest BCUT2D eigenvalue weighted by molar-refractivity contribution is -0.118. The zero-order valence-corrected chi connectivity index (χ0v) is 16.5. The fraction of sp³-hybridized carbons (Fsp3) is 0.174. The number of nitrogens with one attached hydrogen (secondary N) is 2. The van der Waals surface area contributed by atoms with E-state index in [1.807, 2.05) is 19.1 Å². The number of carbonyl (C=O) groups is 1. The van der Waals surface area contributed by atoms with Gasteiger partial charge in [-0.2, -0.15) is 0 Å². The van der Waals surface area contributed by atoms with E-state index in [-0.39, 0.29) is 5.91 Å². The van der Waals surface area contributed by atoms with Crippen molar-refractivity contribution in [3.63, 3.8) is 0 Å². The second-order valence-corrected chi connectivity index (χ2v) is 7.11. The second-order valence-electron chi connectivity index (χ2n) is 7.11. The molecule has 2 aromatic rings. The lowest BCUT2D eigenvalue weighted by Crippen LogP contribution is -2.32. The van der Waals surface area contributed by atoms with Gasteiger partial charge in [-0.05, 0) is 30.0 Å². The molecular weight excluding hydrogens is 364 g/mol. The predicted molar refractivity (Wildman–Crippen MR) is 112 cm³/mol. The number of nitrogens with zero attached hydrogens (tertiary/aromatic N) is 2. The van der Waals surface area contributed by atoms with Gasteiger partial charge in [0.15, 0.2) is 0 Å². The van der Waals surface area contributed by atoms with E-state index in [4.69, 9.17) is 0 Å². The maximum atomic E-state index is 12.9. The molecule has 3 N–H and O–H groups in total. The highest BCUT2D eigenvalue weighted by atomic mass is 16.5. The van der Waals surface area contributed by atoms with Crippen molar-refractivity contribution in [3.05, 3.63) is 95.5 Å². The van der Waals surface area contributed by atoms with Crippen molar-refractivity contribution in [2.24, 2.45) is 0 Å². The molecule has 29 heavy (non-hydrogen) atoms. The number of fused-ring (bicyclic) bond motifs is 1. The average molecular weight is 388 g/mol. The summed E-state index contributed by atoms with van der Waals surface area (Å²) in [5.74, 6) is 0.496. The van der Waals surface area contributed by atoms with Crippen LogP contribution in [-0.4, -0.2) is 21.1 Å². The van der Waals surface area contributed by atoms with Gasteiger partial charge in [-0.25, -0.2) is 5.06 Å². The maximum absolute atomic E-state index is 12.9. The quantitative estimate of drug-likeness (QED) is 0.727. The smallest absolute Gasteiger partial charge is 0.270 e. The van der Waals surface area contributed by atoms with E-state index in [0.29, 0.717) is 24.5 Å². The van der Waals surface area contributed by atoms with Crippen molar-refractivity contribution < 1.29 is 10.0 Å². The second kappa shape index (κ2) is 7.85. The predicted octanol–water partition coefficient (Wildman–Crippen LogP) is 3.78. The van der Waals surface area contributed by atoms with Crippen molar-refractivity contribution in [2.75, 3.05) is 0 Å². The van der Waals surface area contributed by atoms with Crippen LogP contribution in [0, 0.1) is 6.92 Å². The standard InChI is InChI=1S/C23H24N4O2/c1-3-20-22(27-13-12-26(29)15-21(27)25-20)23(28)24-14-17-6-10-19(11-7-17)18-8-4-16(2)5-9-18/h4-13,15,25,29H,3,14H2,1-2H3,(H,24,28). The Balaban J connectivity index is 1.43. The van der Waals surface area contributed by atoms with Crippen LogP contribution >= 0.6 is 0 Å². The SMILES string of the molecule is CCC1=C(C(=O)NCc2ccc(-c3ccc(C)cc3)cc2)N2C=CN(O)C=C2N1. The van der Waals surface area contributed by atoms with Crippen molar-refractivity contribution in [1.29, 1.82) is 0 Å². The number of hydrogen-bond acceptors (Lipinski definition) is 5. The van der Waals surface area contributed by atoms with Crippen molar-refractivity contribution in [2.45, 2.75) is 26.8 Å². The van der Waals surface area contributed by atoms with Gasteiger partial charge in [0.05, 0.1) is 6.20 Å². The Hall–Kier alpha value is -3.51. The zero-order chi connectivity index (χ0) is 20.4. The molecule has 0 unspecified atom stereocenters. The van der Waals surface area contributed by atoms with Crippen LogP contribution in [0.4, 0.5) is 0 Å². The average Bonchev–Trinajstić information content (AvgIpc) is 3.10. The van der Waals surface area contributed by atoms with Crippen LogP contribution in [0.25, 0.3) is 11.1 Å². The van der Waals surface area contributed by atoms with E-state index in [1.165, 1.54) is 23.5 Å². The summed E-state index contributed by atoms with van der Waals surface area (Å²) in [4.78, 5) is 14.6. The first-order chi connectivity index (χ1) is 14.0. The van der Waals surface area contributed by atoms with Gasteiger partial charge in [0.25, 0.3) is 5.91 Å². The molecule has 0 saturated heterocycles. The van der Waals surface area contributed by atoms with Crippen molar-refractivity contribution in [1.82, 2.24) is 20.6 Å². The molecule has 148 valence electrons. The summed E-state index contributed by atoms with van der Waals surface area (Å²) in [6.45, 7) is 4.50. The van der Waals surface area contributed by atoms with E-state index in [1.54, 1.807) is 11.1 Å². The van der Waals surface area contributed by atoms with Crippen LogP contribution in [0.5, 0.6) is 0 Å². The molecule has 0 aliphatic carbocycles. The number of amides is 1. The van der Waals surface area contributed by atoms with Crippen molar-refractivity contribution >= 4 is 5.91 Å². The number of hydrogen-bond donors (Lipinski definition) is 3. The van der Waals surface area contributed by atoms with Gasteiger partial charge in [-0.3, -0.25) is 14.9 Å². The van der Waals surface area contributed by atoms with E-state index in [9.17, 15) is 10.0 Å². The van der Waals surface area contributed by atoms with Crippen LogP contribution in [-0.2, 0) is 11.3 Å². The molecule has 2 aromatic carbocycles. The molecule has 0 saturated carbocycles. The molecule has 0 radical (unpaired) electrons. The van der Waals surface area contributed by atoms with Gasteiger partial charge in [0.2, 0.25) is 0 Å². The Kier molecular flexibility index (Phi) is 5.10. The summed E-state index contributed by atoms with van der Waals surface area (Å²) in [5, 5.41) is 16.7. The number of allylic oxidation sites excluding steroid dienone is 1. The molecule has 2 heterocycles. The Morgan fingerprint density at radius 1 is 1.03 bits per heavy atom. The molecule has 0 aromatic heterocycles. The summed E-state index contributed by atoms with van der Waals surface area (Å²) >= 11 is 0. The van der Waals surface area contributed by atoms with Crippen LogP contribution in [0.1, 0.15) is 24.5 Å². The fourth-order valence-electron chi connectivity index (χ4n) is 3.42. The molecule has 2 aliphatic heterocycles. The van der Waals surface area contributed by atoms with Gasteiger partial charge < -0.3 is 10.6 Å². The highest BCUT2D eigenvalue weighted by Crippen LogP contribution is 2.28. The van der Waals surface area contributed by atoms with Gasteiger partial charge in [-0.1, -0.05) is 61.0 Å². The third kappa shape index (κ3) is 3.88. The molecule has 2 aliphatic rings. The Bertz CT molecular complexity index is 1000. The molecule has 0 atom stereocenters. The maximum Gasteiger partial charge on any atom is 0.270 e. The van der Waals surface area contributed by atoms with Gasteiger partial charge >= 0.3 is 0 Å². The van der Waals surface area contributed by atoms with E-state index >= 15 is 0 Å². The number of rotatable bonds is 5. The van der Waals surface area contributed by atoms with Gasteiger partial charge in [-0.15, -0.1) is 0 Å². The minimum absolute atomic E-state index is 0.156. The summed E-state index contributed by atoms with van der Waals surface area (Å²) < 4.78 is 0. The molecule has 6 heteroatoms. The molecule has 4 rings (SSSR count). The van der Waals surface area contributed by atoms with E-state index in [2.05, 4.69) is 54.0 Å². The minimum atomic E-state index is -0.156. The van der Waals surface area contributed by atoms with Crippen molar-refractivity contribution in [3.8, 4) is 11.1 Å². The Morgan fingerprint density at radius 2 is 1.69 bits per heavy atom. The monoisotopic (exact) mass is 388 g/mol. The highest BCUT2D eigenvalue weighted by Gasteiger charge is 2.31. The van der Waals surface area contributed by atoms with Crippen LogP contribution < -0.4 is 10.6 Å². The van der Waals surface area contributed by atoms with Gasteiger partial charge in [0.1, 0.15) is 11.5 Å². The molecule has 0 spiro atoms. The lowest BCUT2D eigenvalue weighted by Gasteiger charge is -2.23. The highest BCUT2D eigenvalue weighted by molar-refractivity contribution is 5.94. The summed E-state index contributed by atoms with van der Waals surface area (Å²) in [6.07, 6.45) is 5.36. The van der Waals surface area contributed by atoms with Gasteiger partial charge in [0, 0.05) is 24.6 Å². The third-order valence-electron chi connectivity index (χ3n) is 5.05. The van der Waals surface area contributed by atoms with E-state index < -0.39 is 0 Å².